The summed E-state index contributed by atoms with van der Waals surface area (Å²) in [6, 6.07) is 7.28. The number of nitrogens with one attached hydrogen (secondary N) is 3. The van der Waals surface area contributed by atoms with Crippen LogP contribution in [0.1, 0.15) is 39.0 Å². The highest BCUT2D eigenvalue weighted by molar-refractivity contribution is 7.99. The molecule has 0 atom stereocenters. The van der Waals surface area contributed by atoms with Gasteiger partial charge in [0.05, 0.1) is 12.4 Å². The first-order valence-electron chi connectivity index (χ1n) is 9.12. The molecule has 1 aliphatic carbocycles. The Bertz CT molecular complexity index is 766. The molecule has 9 heteroatoms. The van der Waals surface area contributed by atoms with Gasteiger partial charge in [0, 0.05) is 11.4 Å². The van der Waals surface area contributed by atoms with Crippen molar-refractivity contribution in [2.75, 3.05) is 23.1 Å². The molecule has 3 N–H and O–H groups in total. The van der Waals surface area contributed by atoms with Gasteiger partial charge in [-0.25, -0.2) is 10.5 Å². The van der Waals surface area contributed by atoms with E-state index in [9.17, 15) is 4.79 Å². The number of hydrogen-bond acceptors (Lipinski definition) is 7. The third kappa shape index (κ3) is 6.28. The third-order valence-corrected chi connectivity index (χ3v) is 4.84. The minimum absolute atomic E-state index is 0.120. The Morgan fingerprint density at radius 3 is 2.78 bits per heavy atom. The van der Waals surface area contributed by atoms with Crippen molar-refractivity contribution in [3.8, 4) is 5.75 Å². The molecule has 144 valence electrons. The van der Waals surface area contributed by atoms with Crippen molar-refractivity contribution >= 4 is 35.0 Å². The lowest BCUT2D eigenvalue weighted by atomic mass is 9.99. The maximum Gasteiger partial charge on any atom is 0.240 e. The number of H-pyrrole nitrogens is 1. The molecule has 1 aromatic carbocycles. The van der Waals surface area contributed by atoms with Gasteiger partial charge >= 0.3 is 0 Å². The molecule has 1 aliphatic rings. The average Bonchev–Trinajstić information content (AvgIpc) is 3.15. The molecule has 1 aromatic heterocycles. The third-order valence-electron chi connectivity index (χ3n) is 4.00. The summed E-state index contributed by atoms with van der Waals surface area (Å²) in [6.45, 7) is 2.54. The van der Waals surface area contributed by atoms with Gasteiger partial charge in [-0.2, -0.15) is 10.1 Å². The maximum atomic E-state index is 12.1. The fourth-order valence-corrected chi connectivity index (χ4v) is 3.29. The van der Waals surface area contributed by atoms with Gasteiger partial charge in [0.25, 0.3) is 0 Å². The summed E-state index contributed by atoms with van der Waals surface area (Å²) in [5, 5.41) is 14.6. The van der Waals surface area contributed by atoms with Crippen molar-refractivity contribution in [1.82, 2.24) is 15.2 Å². The first-order chi connectivity index (χ1) is 13.2. The predicted molar refractivity (Wildman–Crippen MR) is 107 cm³/mol. The van der Waals surface area contributed by atoms with Crippen LogP contribution in [-0.2, 0) is 4.79 Å². The number of hydrazone groups is 1. The van der Waals surface area contributed by atoms with Crippen LogP contribution >= 0.6 is 11.8 Å². The first-order valence-corrected chi connectivity index (χ1v) is 10.1. The van der Waals surface area contributed by atoms with Gasteiger partial charge in [-0.05, 0) is 56.9 Å². The van der Waals surface area contributed by atoms with Gasteiger partial charge < -0.3 is 10.1 Å². The topological polar surface area (TPSA) is 104 Å². The number of anilines is 2. The van der Waals surface area contributed by atoms with E-state index in [0.717, 1.165) is 24.3 Å². The second-order valence-electron chi connectivity index (χ2n) is 6.11. The van der Waals surface area contributed by atoms with Crippen LogP contribution in [0.5, 0.6) is 5.75 Å². The van der Waals surface area contributed by atoms with E-state index < -0.39 is 0 Å². The molecular weight excluding hydrogens is 364 g/mol. The SMILES string of the molecule is CCOc1ccc(NC(=O)CSc2n[nH]c(NN=C3CCCCC3)n2)cc1. The second-order valence-corrected chi connectivity index (χ2v) is 7.05. The Hall–Kier alpha value is -2.55. The molecule has 0 saturated heterocycles. The number of aromatic amines is 1. The van der Waals surface area contributed by atoms with Gasteiger partial charge in [-0.3, -0.25) is 4.79 Å². The fraction of sp³-hybridized carbons (Fsp3) is 0.444. The number of rotatable bonds is 8. The fourth-order valence-electron chi connectivity index (χ4n) is 2.69. The molecule has 0 aliphatic heterocycles. The molecule has 27 heavy (non-hydrogen) atoms. The van der Waals surface area contributed by atoms with E-state index in [-0.39, 0.29) is 11.7 Å². The number of nitrogens with zero attached hydrogens (tertiary/aromatic N) is 3. The van der Waals surface area contributed by atoms with Crippen molar-refractivity contribution in [3.05, 3.63) is 24.3 Å². The number of ether oxygens (including phenoxy) is 1. The number of benzene rings is 1. The maximum absolute atomic E-state index is 12.1. The van der Waals surface area contributed by atoms with E-state index in [1.165, 1.54) is 36.7 Å². The van der Waals surface area contributed by atoms with Crippen molar-refractivity contribution in [1.29, 1.82) is 0 Å². The van der Waals surface area contributed by atoms with E-state index in [0.29, 0.717) is 17.7 Å². The lowest BCUT2D eigenvalue weighted by Gasteiger charge is -2.11. The monoisotopic (exact) mass is 388 g/mol. The Morgan fingerprint density at radius 1 is 1.26 bits per heavy atom. The zero-order valence-corrected chi connectivity index (χ0v) is 16.1. The molecule has 0 radical (unpaired) electrons. The van der Waals surface area contributed by atoms with Crippen LogP contribution in [0.3, 0.4) is 0 Å². The van der Waals surface area contributed by atoms with Crippen molar-refractivity contribution < 1.29 is 9.53 Å². The number of carbonyl (C=O) groups excluding carboxylic acids is 1. The highest BCUT2D eigenvalue weighted by Crippen LogP contribution is 2.18. The highest BCUT2D eigenvalue weighted by atomic mass is 32.2. The van der Waals surface area contributed by atoms with Crippen LogP contribution in [0.15, 0.2) is 34.5 Å². The largest absolute Gasteiger partial charge is 0.494 e. The summed E-state index contributed by atoms with van der Waals surface area (Å²) in [4.78, 5) is 16.4. The molecule has 1 fully saturated rings. The van der Waals surface area contributed by atoms with Crippen LogP contribution in [0.4, 0.5) is 11.6 Å². The number of amides is 1. The van der Waals surface area contributed by atoms with Gasteiger partial charge in [0.1, 0.15) is 5.75 Å². The highest BCUT2D eigenvalue weighted by Gasteiger charge is 2.09. The molecule has 2 aromatic rings. The first kappa shape index (κ1) is 19.2. The second kappa shape index (κ2) is 9.96. The molecule has 1 saturated carbocycles. The molecule has 8 nitrogen and oxygen atoms in total. The Balaban J connectivity index is 1.43. The van der Waals surface area contributed by atoms with E-state index in [1.807, 2.05) is 31.2 Å². The van der Waals surface area contributed by atoms with Crippen LogP contribution in [0.2, 0.25) is 0 Å². The summed E-state index contributed by atoms with van der Waals surface area (Å²) >= 11 is 1.26. The van der Waals surface area contributed by atoms with Gasteiger partial charge in [-0.15, -0.1) is 5.10 Å². The Labute approximate surface area is 162 Å². The van der Waals surface area contributed by atoms with Gasteiger partial charge in [0.15, 0.2) is 0 Å². The molecule has 0 bridgehead atoms. The Kier molecular flexibility index (Phi) is 7.09. The van der Waals surface area contributed by atoms with Gasteiger partial charge in [-0.1, -0.05) is 18.2 Å². The van der Waals surface area contributed by atoms with Crippen LogP contribution in [-0.4, -0.2) is 39.2 Å². The minimum atomic E-state index is -0.120. The lowest BCUT2D eigenvalue weighted by molar-refractivity contribution is -0.113. The van der Waals surface area contributed by atoms with Crippen molar-refractivity contribution in [2.45, 2.75) is 44.2 Å². The Morgan fingerprint density at radius 2 is 2.04 bits per heavy atom. The number of thioether (sulfide) groups is 1. The molecule has 1 amide bonds. The van der Waals surface area contributed by atoms with E-state index in [4.69, 9.17) is 4.74 Å². The minimum Gasteiger partial charge on any atom is -0.494 e. The zero-order valence-electron chi connectivity index (χ0n) is 15.3. The van der Waals surface area contributed by atoms with Crippen LogP contribution in [0.25, 0.3) is 0 Å². The number of carbonyl (C=O) groups is 1. The van der Waals surface area contributed by atoms with E-state index >= 15 is 0 Å². The van der Waals surface area contributed by atoms with Crippen LogP contribution < -0.4 is 15.5 Å². The van der Waals surface area contributed by atoms with E-state index in [1.54, 1.807) is 0 Å². The number of aromatic nitrogens is 3. The van der Waals surface area contributed by atoms with Crippen molar-refractivity contribution in [2.24, 2.45) is 5.10 Å². The summed E-state index contributed by atoms with van der Waals surface area (Å²) in [5.74, 6) is 1.37. The molecule has 1 heterocycles. The normalized spacial score (nSPS) is 13.9. The molecule has 0 spiro atoms. The summed E-state index contributed by atoms with van der Waals surface area (Å²) < 4.78 is 5.38. The van der Waals surface area contributed by atoms with Crippen LogP contribution in [0, 0.1) is 0 Å². The zero-order chi connectivity index (χ0) is 18.9. The standard InChI is InChI=1S/C18H24N6O2S/c1-2-26-15-10-8-13(9-11-15)19-16(25)12-27-18-20-17(23-24-18)22-21-14-6-4-3-5-7-14/h8-11H,2-7,12H2,1H3,(H,19,25)(H2,20,22,23,24). The number of hydrogen-bond donors (Lipinski definition) is 3. The molecular formula is C18H24N6O2S. The van der Waals surface area contributed by atoms with Gasteiger partial charge in [0.2, 0.25) is 17.0 Å². The summed E-state index contributed by atoms with van der Waals surface area (Å²) in [6.07, 6.45) is 5.74. The van der Waals surface area contributed by atoms with E-state index in [2.05, 4.69) is 31.0 Å². The lowest BCUT2D eigenvalue weighted by Crippen LogP contribution is -2.14. The smallest absolute Gasteiger partial charge is 0.240 e. The molecule has 0 unspecified atom stereocenters. The quantitative estimate of drug-likeness (QED) is 0.471. The summed E-state index contributed by atoms with van der Waals surface area (Å²) in [5.41, 5.74) is 4.81. The average molecular weight is 388 g/mol. The summed E-state index contributed by atoms with van der Waals surface area (Å²) in [7, 11) is 0. The van der Waals surface area contributed by atoms with Crippen molar-refractivity contribution in [3.63, 3.8) is 0 Å². The molecule has 3 rings (SSSR count). The predicted octanol–water partition coefficient (Wildman–Crippen LogP) is 3.67.